The Balaban J connectivity index is 0.00000264. The van der Waals surface area contributed by atoms with Crippen LogP contribution in [0.15, 0.2) is 24.3 Å². The highest BCUT2D eigenvalue weighted by Gasteiger charge is 2.12. The molecule has 126 valence electrons. The van der Waals surface area contributed by atoms with Crippen molar-refractivity contribution in [2.45, 2.75) is 13.8 Å². The van der Waals surface area contributed by atoms with Gasteiger partial charge >= 0.3 is 0 Å². The first-order valence-corrected chi connectivity index (χ1v) is 7.47. The van der Waals surface area contributed by atoms with Crippen molar-refractivity contribution in [3.63, 3.8) is 0 Å². The molecule has 1 heterocycles. The molecular formula is C14H18ClFN4OS2. The zero-order chi connectivity index (χ0) is 16.3. The third-order valence-electron chi connectivity index (χ3n) is 2.85. The Morgan fingerprint density at radius 3 is 2.65 bits per heavy atom. The Morgan fingerprint density at radius 1 is 1.30 bits per heavy atom. The van der Waals surface area contributed by atoms with Crippen molar-refractivity contribution in [3.8, 4) is 0 Å². The van der Waals surface area contributed by atoms with Gasteiger partial charge in [0.25, 0.3) is 0 Å². The smallest absolute Gasteiger partial charge is 0.153 e. The molecule has 0 unspecified atom stereocenters. The molecule has 0 amide bonds. The number of nitrogens with two attached hydrogens (primary N) is 1. The zero-order valence-corrected chi connectivity index (χ0v) is 15.4. The van der Waals surface area contributed by atoms with Gasteiger partial charge in [-0.25, -0.2) is 14.9 Å². The van der Waals surface area contributed by atoms with Gasteiger partial charge in [-0.2, -0.15) is 17.8 Å². The van der Waals surface area contributed by atoms with E-state index >= 15 is 0 Å². The van der Waals surface area contributed by atoms with Crippen LogP contribution in [-0.4, -0.2) is 12.0 Å². The first-order valence-electron chi connectivity index (χ1n) is 6.40. The number of anilines is 3. The number of hydrogen-bond acceptors (Lipinski definition) is 6. The second-order valence-corrected chi connectivity index (χ2v) is 6.04. The van der Waals surface area contributed by atoms with E-state index in [1.54, 1.807) is 25.2 Å². The summed E-state index contributed by atoms with van der Waals surface area (Å²) in [4.78, 5) is 4.07. The van der Waals surface area contributed by atoms with E-state index in [-0.39, 0.29) is 13.5 Å². The number of aromatic nitrogens is 1. The fraction of sp³-hybridized carbons (Fsp3) is 0.214. The van der Waals surface area contributed by atoms with Crippen molar-refractivity contribution in [2.75, 3.05) is 22.6 Å². The van der Waals surface area contributed by atoms with E-state index in [0.29, 0.717) is 22.3 Å². The van der Waals surface area contributed by atoms with Crippen molar-refractivity contribution in [1.82, 2.24) is 4.98 Å². The summed E-state index contributed by atoms with van der Waals surface area (Å²) in [7, 11) is 1.68. The summed E-state index contributed by atoms with van der Waals surface area (Å²) < 4.78 is 20.7. The van der Waals surface area contributed by atoms with Crippen LogP contribution in [0.25, 0.3) is 0 Å². The summed E-state index contributed by atoms with van der Waals surface area (Å²) in [6, 6.07) is 6.46. The van der Waals surface area contributed by atoms with Gasteiger partial charge in [0, 0.05) is 12.1 Å². The van der Waals surface area contributed by atoms with Gasteiger partial charge in [0.15, 0.2) is 5.82 Å². The van der Waals surface area contributed by atoms with Gasteiger partial charge in [-0.1, -0.05) is 11.6 Å². The number of benzene rings is 1. The summed E-state index contributed by atoms with van der Waals surface area (Å²) in [5.41, 5.74) is 10.4. The molecular weight excluding hydrogens is 359 g/mol. The second-order valence-electron chi connectivity index (χ2n) is 4.76. The van der Waals surface area contributed by atoms with E-state index in [1.165, 1.54) is 10.4 Å². The zero-order valence-electron chi connectivity index (χ0n) is 12.9. The monoisotopic (exact) mass is 376 g/mol. The predicted molar refractivity (Wildman–Crippen MR) is 101 cm³/mol. The largest absolute Gasteiger partial charge is 0.384 e. The first kappa shape index (κ1) is 19.7. The molecule has 0 radical (unpaired) electrons. The summed E-state index contributed by atoms with van der Waals surface area (Å²) in [5, 5.41) is 0.387. The molecule has 2 rings (SSSR count). The number of halogens is 2. The molecule has 1 aromatic carbocycles. The molecule has 0 atom stereocenters. The lowest BCUT2D eigenvalue weighted by Gasteiger charge is -2.18. The van der Waals surface area contributed by atoms with E-state index in [0.717, 1.165) is 23.4 Å². The summed E-state index contributed by atoms with van der Waals surface area (Å²) in [6.07, 6.45) is 0. The van der Waals surface area contributed by atoms with Gasteiger partial charge in [0.1, 0.15) is 23.9 Å². The van der Waals surface area contributed by atoms with E-state index in [9.17, 15) is 4.39 Å². The number of rotatable bonds is 5. The van der Waals surface area contributed by atoms with Crippen molar-refractivity contribution in [2.24, 2.45) is 0 Å². The summed E-state index contributed by atoms with van der Waals surface area (Å²) in [6.45, 7) is 3.71. The predicted octanol–water partition coefficient (Wildman–Crippen LogP) is 4.23. The Morgan fingerprint density at radius 2 is 2.00 bits per heavy atom. The van der Waals surface area contributed by atoms with Crippen LogP contribution in [0, 0.1) is 19.7 Å². The Kier molecular flexibility index (Phi) is 7.27. The van der Waals surface area contributed by atoms with E-state index in [4.69, 9.17) is 21.6 Å². The number of pyridine rings is 1. The molecule has 0 fully saturated rings. The molecule has 9 heteroatoms. The Bertz CT molecular complexity index is 670. The van der Waals surface area contributed by atoms with E-state index in [1.807, 2.05) is 13.8 Å². The highest BCUT2D eigenvalue weighted by Crippen LogP contribution is 2.29. The van der Waals surface area contributed by atoms with Crippen LogP contribution in [0.3, 0.4) is 0 Å². The molecule has 0 spiro atoms. The molecule has 0 aliphatic heterocycles. The van der Waals surface area contributed by atoms with Crippen molar-refractivity contribution < 1.29 is 8.67 Å². The average Bonchev–Trinajstić information content (AvgIpc) is 2.41. The standard InChI is InChI=1S/C14H16ClFN4OS.H2S/c1-8-4-13(17)18-14(5-8)19-21-22-20(3)12-6-9(2)10(15)7-11(12)16;/h4-7H,1-3H3,(H3,17,18,19);1H2. The van der Waals surface area contributed by atoms with Crippen molar-refractivity contribution in [1.29, 1.82) is 0 Å². The lowest BCUT2D eigenvalue weighted by atomic mass is 10.2. The molecule has 2 aromatic rings. The lowest BCUT2D eigenvalue weighted by Crippen LogP contribution is -2.12. The average molecular weight is 377 g/mol. The number of nitrogen functional groups attached to an aromatic ring is 1. The second kappa shape index (κ2) is 8.49. The molecule has 0 saturated heterocycles. The number of nitrogens with zero attached hydrogens (tertiary/aromatic N) is 2. The highest BCUT2D eigenvalue weighted by molar-refractivity contribution is 7.96. The molecule has 3 N–H and O–H groups in total. The van der Waals surface area contributed by atoms with Gasteiger partial charge in [-0.3, -0.25) is 4.31 Å². The number of nitrogens with one attached hydrogen (secondary N) is 1. The molecule has 0 aliphatic carbocycles. The molecule has 0 aliphatic rings. The quantitative estimate of drug-likeness (QED) is 0.462. The van der Waals surface area contributed by atoms with Gasteiger partial charge in [0.05, 0.1) is 5.69 Å². The van der Waals surface area contributed by atoms with Crippen LogP contribution < -0.4 is 15.5 Å². The first-order chi connectivity index (χ1) is 10.4. The minimum atomic E-state index is -0.424. The number of hydrogen-bond donors (Lipinski definition) is 2. The molecule has 23 heavy (non-hydrogen) atoms. The van der Waals surface area contributed by atoms with Crippen LogP contribution in [0.4, 0.5) is 21.7 Å². The minimum Gasteiger partial charge on any atom is -0.384 e. The molecule has 0 saturated carbocycles. The minimum absolute atomic E-state index is 0. The normalized spacial score (nSPS) is 10.1. The molecule has 5 nitrogen and oxygen atoms in total. The molecule has 1 aromatic heterocycles. The maximum atomic E-state index is 13.9. The van der Waals surface area contributed by atoms with Gasteiger partial charge < -0.3 is 5.73 Å². The Hall–Kier alpha value is -1.35. The fourth-order valence-corrected chi connectivity index (χ4v) is 2.39. The maximum absolute atomic E-state index is 13.9. The van der Waals surface area contributed by atoms with Crippen LogP contribution in [0.1, 0.15) is 11.1 Å². The summed E-state index contributed by atoms with van der Waals surface area (Å²) >= 11 is 6.80. The molecule has 0 bridgehead atoms. The SMILES string of the molecule is Cc1cc(N)nc(NOSN(C)c2cc(C)c(Cl)cc2F)c1.S. The third-order valence-corrected chi connectivity index (χ3v) is 3.84. The van der Waals surface area contributed by atoms with Crippen molar-refractivity contribution in [3.05, 3.63) is 46.2 Å². The fourth-order valence-electron chi connectivity index (χ4n) is 1.79. The maximum Gasteiger partial charge on any atom is 0.153 e. The van der Waals surface area contributed by atoms with Crippen LogP contribution in [0.5, 0.6) is 0 Å². The van der Waals surface area contributed by atoms with Crippen LogP contribution in [0.2, 0.25) is 5.02 Å². The van der Waals surface area contributed by atoms with Crippen molar-refractivity contribution >= 4 is 54.6 Å². The van der Waals surface area contributed by atoms with Crippen LogP contribution in [-0.2, 0) is 4.28 Å². The third kappa shape index (κ3) is 5.35. The Labute approximate surface area is 151 Å². The van der Waals surface area contributed by atoms with Gasteiger partial charge in [0.2, 0.25) is 0 Å². The van der Waals surface area contributed by atoms with Gasteiger partial charge in [-0.05, 0) is 49.2 Å². The lowest BCUT2D eigenvalue weighted by molar-refractivity contribution is 0.472. The number of aryl methyl sites for hydroxylation is 2. The van der Waals surface area contributed by atoms with E-state index < -0.39 is 5.82 Å². The topological polar surface area (TPSA) is 63.4 Å². The van der Waals surface area contributed by atoms with Crippen LogP contribution >= 0.6 is 37.3 Å². The summed E-state index contributed by atoms with van der Waals surface area (Å²) in [5.74, 6) is 0.446. The van der Waals surface area contributed by atoms with E-state index in [2.05, 4.69) is 10.5 Å². The van der Waals surface area contributed by atoms with Gasteiger partial charge in [-0.15, -0.1) is 0 Å². The highest BCUT2D eigenvalue weighted by atomic mass is 35.5.